The van der Waals surface area contributed by atoms with E-state index in [1.807, 2.05) is 30.3 Å². The van der Waals surface area contributed by atoms with Gasteiger partial charge in [0.1, 0.15) is 0 Å². The molecule has 0 aliphatic carbocycles. The molecule has 3 rings (SSSR count). The molecule has 0 radical (unpaired) electrons. The zero-order valence-corrected chi connectivity index (χ0v) is 14.0. The number of benzene rings is 2. The van der Waals surface area contributed by atoms with E-state index >= 15 is 0 Å². The van der Waals surface area contributed by atoms with Crippen molar-refractivity contribution < 1.29 is 19.5 Å². The van der Waals surface area contributed by atoms with Crippen molar-refractivity contribution >= 4 is 34.4 Å². The summed E-state index contributed by atoms with van der Waals surface area (Å²) in [5, 5.41) is 12.4. The first kappa shape index (κ1) is 17.4. The highest BCUT2D eigenvalue weighted by Gasteiger charge is 2.11. The topological polar surface area (TPSA) is 88.4 Å². The fourth-order valence-corrected chi connectivity index (χ4v) is 2.75. The van der Waals surface area contributed by atoms with Gasteiger partial charge in [0.25, 0.3) is 0 Å². The average Bonchev–Trinajstić information content (AvgIpc) is 3.05. The van der Waals surface area contributed by atoms with Crippen molar-refractivity contribution in [3.63, 3.8) is 0 Å². The SMILES string of the molecule is O=C(O)Cc1ccc(NC(=O)CCC(=O)n2ccc3ccccc32)cc1. The maximum absolute atomic E-state index is 12.4. The number of amides is 1. The Balaban J connectivity index is 1.55. The number of carbonyl (C=O) groups excluding carboxylic acids is 2. The van der Waals surface area contributed by atoms with E-state index in [0.717, 1.165) is 10.9 Å². The van der Waals surface area contributed by atoms with Gasteiger partial charge >= 0.3 is 5.97 Å². The quantitative estimate of drug-likeness (QED) is 0.714. The van der Waals surface area contributed by atoms with E-state index in [4.69, 9.17) is 5.11 Å². The number of hydrogen-bond acceptors (Lipinski definition) is 3. The standard InChI is InChI=1S/C20H18N2O4/c23-18(21-16-7-5-14(6-8-16)13-20(25)26)9-10-19(24)22-12-11-15-3-1-2-4-17(15)22/h1-8,11-12H,9-10,13H2,(H,21,23)(H,25,26). The number of carbonyl (C=O) groups is 3. The third-order valence-corrected chi connectivity index (χ3v) is 4.03. The van der Waals surface area contributed by atoms with Crippen molar-refractivity contribution in [3.05, 3.63) is 66.4 Å². The molecule has 0 fully saturated rings. The summed E-state index contributed by atoms with van der Waals surface area (Å²) in [6, 6.07) is 16.0. The summed E-state index contributed by atoms with van der Waals surface area (Å²) in [5.74, 6) is -1.31. The molecular weight excluding hydrogens is 332 g/mol. The number of carboxylic acids is 1. The van der Waals surface area contributed by atoms with Crippen LogP contribution in [0.25, 0.3) is 10.9 Å². The average molecular weight is 350 g/mol. The molecule has 1 aromatic heterocycles. The molecular formula is C20H18N2O4. The molecule has 1 heterocycles. The van der Waals surface area contributed by atoms with Crippen LogP contribution in [0.5, 0.6) is 0 Å². The van der Waals surface area contributed by atoms with Crippen molar-refractivity contribution in [3.8, 4) is 0 Å². The van der Waals surface area contributed by atoms with Gasteiger partial charge in [-0.1, -0.05) is 30.3 Å². The van der Waals surface area contributed by atoms with Crippen molar-refractivity contribution in [1.29, 1.82) is 0 Å². The third kappa shape index (κ3) is 4.16. The van der Waals surface area contributed by atoms with Gasteiger partial charge in [-0.05, 0) is 29.8 Å². The van der Waals surface area contributed by atoms with Gasteiger partial charge in [-0.25, -0.2) is 0 Å². The normalized spacial score (nSPS) is 10.6. The molecule has 6 heteroatoms. The van der Waals surface area contributed by atoms with Gasteiger partial charge in [0.2, 0.25) is 11.8 Å². The van der Waals surface area contributed by atoms with E-state index in [1.165, 1.54) is 0 Å². The first-order valence-electron chi connectivity index (χ1n) is 8.23. The molecule has 0 aliphatic rings. The van der Waals surface area contributed by atoms with Gasteiger partial charge in [-0.2, -0.15) is 0 Å². The minimum Gasteiger partial charge on any atom is -0.481 e. The van der Waals surface area contributed by atoms with Gasteiger partial charge in [0, 0.05) is 30.1 Å². The van der Waals surface area contributed by atoms with Gasteiger partial charge in [-0.15, -0.1) is 0 Å². The summed E-state index contributed by atoms with van der Waals surface area (Å²) < 4.78 is 1.56. The monoisotopic (exact) mass is 350 g/mol. The number of para-hydroxylation sites is 1. The van der Waals surface area contributed by atoms with Crippen molar-refractivity contribution in [2.45, 2.75) is 19.3 Å². The van der Waals surface area contributed by atoms with Crippen LogP contribution >= 0.6 is 0 Å². The predicted octanol–water partition coefficient (Wildman–Crippen LogP) is 3.33. The molecule has 0 saturated heterocycles. The number of rotatable bonds is 6. The lowest BCUT2D eigenvalue weighted by Gasteiger charge is -2.07. The number of carboxylic acid groups (broad SMARTS) is 1. The maximum atomic E-state index is 12.4. The van der Waals surface area contributed by atoms with Gasteiger partial charge in [0.15, 0.2) is 0 Å². The van der Waals surface area contributed by atoms with Gasteiger partial charge < -0.3 is 10.4 Å². The van der Waals surface area contributed by atoms with Gasteiger partial charge in [-0.3, -0.25) is 19.0 Å². The number of aliphatic carboxylic acids is 1. The van der Waals surface area contributed by atoms with Crippen LogP contribution in [0.1, 0.15) is 23.2 Å². The number of nitrogens with one attached hydrogen (secondary N) is 1. The number of anilines is 1. The molecule has 0 unspecified atom stereocenters. The Morgan fingerprint density at radius 2 is 1.65 bits per heavy atom. The van der Waals surface area contributed by atoms with Crippen LogP contribution in [0.2, 0.25) is 0 Å². The van der Waals surface area contributed by atoms with Crippen LogP contribution in [0.4, 0.5) is 5.69 Å². The Morgan fingerprint density at radius 3 is 2.38 bits per heavy atom. The maximum Gasteiger partial charge on any atom is 0.307 e. The smallest absolute Gasteiger partial charge is 0.307 e. The molecule has 0 spiro atoms. The molecule has 0 aliphatic heterocycles. The molecule has 1 amide bonds. The van der Waals surface area contributed by atoms with E-state index in [9.17, 15) is 14.4 Å². The fourth-order valence-electron chi connectivity index (χ4n) is 2.75. The fraction of sp³-hybridized carbons (Fsp3) is 0.150. The molecule has 2 aromatic carbocycles. The Morgan fingerprint density at radius 1 is 0.923 bits per heavy atom. The molecule has 0 atom stereocenters. The minimum absolute atomic E-state index is 0.0619. The number of fused-ring (bicyclic) bond motifs is 1. The van der Waals surface area contributed by atoms with Crippen molar-refractivity contribution in [2.24, 2.45) is 0 Å². The van der Waals surface area contributed by atoms with E-state index in [2.05, 4.69) is 5.32 Å². The summed E-state index contributed by atoms with van der Waals surface area (Å²) in [7, 11) is 0. The first-order valence-corrected chi connectivity index (χ1v) is 8.23. The first-order chi connectivity index (χ1) is 12.5. The summed E-state index contributed by atoms with van der Waals surface area (Å²) in [5.41, 5.74) is 2.06. The Kier molecular flexibility index (Phi) is 5.12. The number of aromatic nitrogens is 1. The predicted molar refractivity (Wildman–Crippen MR) is 98.2 cm³/mol. The zero-order chi connectivity index (χ0) is 18.5. The molecule has 0 saturated carbocycles. The highest BCUT2D eigenvalue weighted by Crippen LogP contribution is 2.16. The number of hydrogen-bond donors (Lipinski definition) is 2. The number of nitrogens with zero attached hydrogens (tertiary/aromatic N) is 1. The van der Waals surface area contributed by atoms with E-state index in [0.29, 0.717) is 11.3 Å². The highest BCUT2D eigenvalue weighted by atomic mass is 16.4. The molecule has 0 bridgehead atoms. The summed E-state index contributed by atoms with van der Waals surface area (Å²) in [6.45, 7) is 0. The molecule has 26 heavy (non-hydrogen) atoms. The Labute approximate surface area is 150 Å². The largest absolute Gasteiger partial charge is 0.481 e. The van der Waals surface area contributed by atoms with Crippen LogP contribution in [-0.4, -0.2) is 27.5 Å². The summed E-state index contributed by atoms with van der Waals surface area (Å²) in [4.78, 5) is 35.1. The molecule has 6 nitrogen and oxygen atoms in total. The lowest BCUT2D eigenvalue weighted by Crippen LogP contribution is -2.16. The van der Waals surface area contributed by atoms with Gasteiger partial charge in [0.05, 0.1) is 11.9 Å². The van der Waals surface area contributed by atoms with Crippen LogP contribution < -0.4 is 5.32 Å². The van der Waals surface area contributed by atoms with E-state index in [-0.39, 0.29) is 31.1 Å². The van der Waals surface area contributed by atoms with Crippen LogP contribution in [-0.2, 0) is 16.0 Å². The second-order valence-corrected chi connectivity index (χ2v) is 5.95. The third-order valence-electron chi connectivity index (χ3n) is 4.03. The van der Waals surface area contributed by atoms with Crippen molar-refractivity contribution in [2.75, 3.05) is 5.32 Å². The van der Waals surface area contributed by atoms with Crippen LogP contribution in [0.3, 0.4) is 0 Å². The zero-order valence-electron chi connectivity index (χ0n) is 14.0. The second kappa shape index (κ2) is 7.65. The van der Waals surface area contributed by atoms with Crippen molar-refractivity contribution in [1.82, 2.24) is 4.57 Å². The van der Waals surface area contributed by atoms with E-state index < -0.39 is 5.97 Å². The lowest BCUT2D eigenvalue weighted by molar-refractivity contribution is -0.136. The van der Waals surface area contributed by atoms with Crippen LogP contribution in [0, 0.1) is 0 Å². The lowest BCUT2D eigenvalue weighted by atomic mass is 10.1. The minimum atomic E-state index is -0.905. The molecule has 132 valence electrons. The van der Waals surface area contributed by atoms with Crippen LogP contribution in [0.15, 0.2) is 60.8 Å². The van der Waals surface area contributed by atoms with E-state index in [1.54, 1.807) is 35.0 Å². The summed E-state index contributed by atoms with van der Waals surface area (Å²) in [6.07, 6.45) is 1.82. The Bertz CT molecular complexity index is 957. The summed E-state index contributed by atoms with van der Waals surface area (Å²) >= 11 is 0. The highest BCUT2D eigenvalue weighted by molar-refractivity contribution is 5.96. The second-order valence-electron chi connectivity index (χ2n) is 5.95. The Hall–Kier alpha value is -3.41. The molecule has 2 N–H and O–H groups in total. The molecule has 3 aromatic rings.